The summed E-state index contributed by atoms with van der Waals surface area (Å²) in [5.74, 6) is 0.615. The topological polar surface area (TPSA) is 50.1 Å². The second-order valence-corrected chi connectivity index (χ2v) is 4.74. The molecule has 0 spiro atoms. The van der Waals surface area contributed by atoms with Gasteiger partial charge in [0.15, 0.2) is 0 Å². The van der Waals surface area contributed by atoms with E-state index >= 15 is 0 Å². The molecule has 0 amide bonds. The van der Waals surface area contributed by atoms with Crippen molar-refractivity contribution < 1.29 is 0 Å². The Labute approximate surface area is 101 Å². The first kappa shape index (κ1) is 11.9. The summed E-state index contributed by atoms with van der Waals surface area (Å²) in [4.78, 5) is 0. The quantitative estimate of drug-likeness (QED) is 0.743. The Morgan fingerprint density at radius 2 is 2.06 bits per heavy atom. The molecule has 1 fully saturated rings. The van der Waals surface area contributed by atoms with Crippen molar-refractivity contribution in [1.82, 2.24) is 10.9 Å². The third-order valence-electron chi connectivity index (χ3n) is 3.11. The molecule has 1 heterocycles. The van der Waals surface area contributed by atoms with Crippen molar-refractivity contribution in [3.63, 3.8) is 0 Å². The monoisotopic (exact) mass is 239 g/mol. The van der Waals surface area contributed by atoms with Gasteiger partial charge in [-0.2, -0.15) is 0 Å². The average molecular weight is 240 g/mol. The van der Waals surface area contributed by atoms with E-state index in [0.29, 0.717) is 12.0 Å². The number of nitrogens with one attached hydrogen (secondary N) is 2. The van der Waals surface area contributed by atoms with Crippen molar-refractivity contribution >= 4 is 11.6 Å². The lowest BCUT2D eigenvalue weighted by molar-refractivity contribution is 0.433. The van der Waals surface area contributed by atoms with Crippen LogP contribution >= 0.6 is 11.6 Å². The van der Waals surface area contributed by atoms with Crippen molar-refractivity contribution in [1.29, 1.82) is 0 Å². The number of hydrogen-bond donors (Lipinski definition) is 3. The van der Waals surface area contributed by atoms with Gasteiger partial charge in [-0.3, -0.25) is 10.9 Å². The predicted molar refractivity (Wildman–Crippen MR) is 67.2 cm³/mol. The van der Waals surface area contributed by atoms with Crippen molar-refractivity contribution in [3.8, 4) is 0 Å². The van der Waals surface area contributed by atoms with E-state index in [1.807, 2.05) is 12.1 Å². The molecule has 2 rings (SSSR count). The van der Waals surface area contributed by atoms with Crippen LogP contribution in [-0.4, -0.2) is 19.1 Å². The van der Waals surface area contributed by atoms with Gasteiger partial charge in [0.2, 0.25) is 0 Å². The van der Waals surface area contributed by atoms with E-state index in [0.717, 1.165) is 31.0 Å². The molecule has 4 N–H and O–H groups in total. The van der Waals surface area contributed by atoms with Gasteiger partial charge < -0.3 is 5.73 Å². The van der Waals surface area contributed by atoms with Gasteiger partial charge in [-0.05, 0) is 43.0 Å². The predicted octanol–water partition coefficient (Wildman–Crippen LogP) is 1.32. The fraction of sp³-hybridized carbons (Fsp3) is 0.500. The maximum Gasteiger partial charge on any atom is 0.0406 e. The number of benzene rings is 1. The highest BCUT2D eigenvalue weighted by Gasteiger charge is 2.25. The van der Waals surface area contributed by atoms with Gasteiger partial charge in [0.05, 0.1) is 0 Å². The molecule has 88 valence electrons. The lowest BCUT2D eigenvalue weighted by Gasteiger charge is -2.17. The summed E-state index contributed by atoms with van der Waals surface area (Å²) in [5, 5.41) is 0.796. The lowest BCUT2D eigenvalue weighted by Crippen LogP contribution is -2.33. The van der Waals surface area contributed by atoms with E-state index in [2.05, 4.69) is 23.0 Å². The zero-order chi connectivity index (χ0) is 11.4. The van der Waals surface area contributed by atoms with Gasteiger partial charge in [-0.25, -0.2) is 0 Å². The Bertz CT molecular complexity index is 326. The van der Waals surface area contributed by atoms with Gasteiger partial charge in [-0.15, -0.1) is 0 Å². The van der Waals surface area contributed by atoms with Crippen LogP contribution in [0.4, 0.5) is 0 Å². The highest BCUT2D eigenvalue weighted by molar-refractivity contribution is 6.30. The molecule has 0 bridgehead atoms. The van der Waals surface area contributed by atoms with Crippen molar-refractivity contribution in [2.75, 3.05) is 13.1 Å². The van der Waals surface area contributed by atoms with Gasteiger partial charge in [-0.1, -0.05) is 23.7 Å². The van der Waals surface area contributed by atoms with E-state index in [1.54, 1.807) is 0 Å². The fourth-order valence-electron chi connectivity index (χ4n) is 2.21. The van der Waals surface area contributed by atoms with E-state index < -0.39 is 0 Å². The van der Waals surface area contributed by atoms with Crippen molar-refractivity contribution in [3.05, 3.63) is 34.9 Å². The molecule has 0 aromatic heterocycles. The van der Waals surface area contributed by atoms with Gasteiger partial charge >= 0.3 is 0 Å². The highest BCUT2D eigenvalue weighted by atomic mass is 35.5. The van der Waals surface area contributed by atoms with Crippen molar-refractivity contribution in [2.24, 2.45) is 11.7 Å². The minimum Gasteiger partial charge on any atom is -0.330 e. The molecule has 2 unspecified atom stereocenters. The molecule has 1 saturated heterocycles. The van der Waals surface area contributed by atoms with Crippen LogP contribution in [0.1, 0.15) is 12.0 Å². The molecule has 0 aliphatic carbocycles. The first-order chi connectivity index (χ1) is 7.79. The summed E-state index contributed by atoms with van der Waals surface area (Å²) in [5.41, 5.74) is 13.4. The summed E-state index contributed by atoms with van der Waals surface area (Å²) < 4.78 is 0. The Hall–Kier alpha value is -0.610. The zero-order valence-electron chi connectivity index (χ0n) is 9.25. The highest BCUT2D eigenvalue weighted by Crippen LogP contribution is 2.18. The largest absolute Gasteiger partial charge is 0.330 e. The van der Waals surface area contributed by atoms with E-state index in [-0.39, 0.29) is 0 Å². The molecule has 3 nitrogen and oxygen atoms in total. The molecule has 2 atom stereocenters. The maximum absolute atomic E-state index is 5.87. The number of nitrogens with two attached hydrogens (primary N) is 1. The lowest BCUT2D eigenvalue weighted by atomic mass is 9.92. The SMILES string of the molecule is NCCC1NNCC1Cc1ccc(Cl)cc1. The first-order valence-corrected chi connectivity index (χ1v) is 6.10. The number of hydrazine groups is 1. The van der Waals surface area contributed by atoms with Crippen molar-refractivity contribution in [2.45, 2.75) is 18.9 Å². The maximum atomic E-state index is 5.87. The first-order valence-electron chi connectivity index (χ1n) is 5.72. The Kier molecular flexibility index (Phi) is 4.18. The summed E-state index contributed by atoms with van der Waals surface area (Å²) >= 11 is 5.87. The fourth-order valence-corrected chi connectivity index (χ4v) is 2.33. The van der Waals surface area contributed by atoms with Crippen LogP contribution in [0.2, 0.25) is 5.02 Å². The van der Waals surface area contributed by atoms with Crippen LogP contribution in [0.3, 0.4) is 0 Å². The Morgan fingerprint density at radius 1 is 1.31 bits per heavy atom. The van der Waals surface area contributed by atoms with Crippen LogP contribution in [0.25, 0.3) is 0 Å². The average Bonchev–Trinajstić information content (AvgIpc) is 2.70. The Morgan fingerprint density at radius 3 is 2.75 bits per heavy atom. The standard InChI is InChI=1S/C12H18ClN3/c13-11-3-1-9(2-4-11)7-10-8-15-16-12(10)5-6-14/h1-4,10,12,15-16H,5-8,14H2. The molecule has 1 aliphatic rings. The smallest absolute Gasteiger partial charge is 0.0406 e. The normalized spacial score (nSPS) is 24.9. The Balaban J connectivity index is 1.95. The van der Waals surface area contributed by atoms with Crippen LogP contribution < -0.4 is 16.6 Å². The van der Waals surface area contributed by atoms with Gasteiger partial charge in [0, 0.05) is 17.6 Å². The summed E-state index contributed by atoms with van der Waals surface area (Å²) in [6.45, 7) is 1.74. The molecule has 1 aromatic carbocycles. The summed E-state index contributed by atoms with van der Waals surface area (Å²) in [6, 6.07) is 8.58. The second kappa shape index (κ2) is 5.64. The van der Waals surface area contributed by atoms with E-state index in [4.69, 9.17) is 17.3 Å². The van der Waals surface area contributed by atoms with Crippen LogP contribution in [0, 0.1) is 5.92 Å². The van der Waals surface area contributed by atoms with E-state index in [9.17, 15) is 0 Å². The van der Waals surface area contributed by atoms with Crippen LogP contribution in [0.15, 0.2) is 24.3 Å². The molecular formula is C12H18ClN3. The summed E-state index contributed by atoms with van der Waals surface area (Å²) in [6.07, 6.45) is 2.09. The molecule has 4 heteroatoms. The number of hydrogen-bond acceptors (Lipinski definition) is 3. The van der Waals surface area contributed by atoms with Crippen LogP contribution in [-0.2, 0) is 6.42 Å². The third-order valence-corrected chi connectivity index (χ3v) is 3.36. The molecule has 1 aliphatic heterocycles. The number of rotatable bonds is 4. The molecule has 1 aromatic rings. The minimum absolute atomic E-state index is 0.487. The van der Waals surface area contributed by atoms with Gasteiger partial charge in [0.25, 0.3) is 0 Å². The van der Waals surface area contributed by atoms with Gasteiger partial charge in [0.1, 0.15) is 0 Å². The zero-order valence-corrected chi connectivity index (χ0v) is 10.0. The van der Waals surface area contributed by atoms with Crippen LogP contribution in [0.5, 0.6) is 0 Å². The minimum atomic E-state index is 0.487. The molecule has 0 saturated carbocycles. The molecule has 0 radical (unpaired) electrons. The third kappa shape index (κ3) is 2.95. The van der Waals surface area contributed by atoms with E-state index in [1.165, 1.54) is 5.56 Å². The second-order valence-electron chi connectivity index (χ2n) is 4.30. The molecular weight excluding hydrogens is 222 g/mol. The molecule has 16 heavy (non-hydrogen) atoms. The number of halogens is 1. The summed E-state index contributed by atoms with van der Waals surface area (Å²) in [7, 11) is 0.